The van der Waals surface area contributed by atoms with Crippen molar-refractivity contribution in [2.24, 2.45) is 17.3 Å². The van der Waals surface area contributed by atoms with Crippen LogP contribution in [0.4, 0.5) is 0 Å². The molecule has 0 aliphatic heterocycles. The number of aliphatic carboxylic acids is 1. The lowest BCUT2D eigenvalue weighted by Gasteiger charge is -2.20. The third-order valence-corrected chi connectivity index (χ3v) is 2.52. The zero-order chi connectivity index (χ0) is 8.65. The molecule has 0 aromatic heterocycles. The van der Waals surface area contributed by atoms with Crippen molar-refractivity contribution in [1.29, 1.82) is 0 Å². The van der Waals surface area contributed by atoms with Crippen molar-refractivity contribution in [3.63, 3.8) is 0 Å². The first-order chi connectivity index (χ1) is 4.99. The molecular weight excluding hydrogens is 144 g/mol. The van der Waals surface area contributed by atoms with Crippen LogP contribution < -0.4 is 0 Å². The van der Waals surface area contributed by atoms with E-state index in [2.05, 4.69) is 0 Å². The van der Waals surface area contributed by atoms with Crippen molar-refractivity contribution < 1.29 is 15.0 Å². The van der Waals surface area contributed by atoms with E-state index in [1.165, 1.54) is 0 Å². The normalized spacial score (nSPS) is 30.1. The lowest BCUT2D eigenvalue weighted by atomic mass is 9.87. The molecule has 0 saturated heterocycles. The zero-order valence-corrected chi connectivity index (χ0v) is 6.87. The van der Waals surface area contributed by atoms with E-state index >= 15 is 0 Å². The average molecular weight is 158 g/mol. The predicted octanol–water partition coefficient (Wildman–Crippen LogP) is 0.726. The van der Waals surface area contributed by atoms with E-state index in [1.54, 1.807) is 0 Å². The van der Waals surface area contributed by atoms with Crippen LogP contribution in [0.5, 0.6) is 0 Å². The van der Waals surface area contributed by atoms with Gasteiger partial charge in [0.25, 0.3) is 0 Å². The molecule has 0 aromatic rings. The molecule has 0 aromatic carbocycles. The number of hydrogen-bond donors (Lipinski definition) is 2. The van der Waals surface area contributed by atoms with Crippen LogP contribution in [0.15, 0.2) is 0 Å². The molecule has 3 nitrogen and oxygen atoms in total. The highest BCUT2D eigenvalue weighted by Crippen LogP contribution is 2.50. The fourth-order valence-electron chi connectivity index (χ4n) is 1.45. The summed E-state index contributed by atoms with van der Waals surface area (Å²) in [6, 6.07) is 0. The monoisotopic (exact) mass is 158 g/mol. The van der Waals surface area contributed by atoms with E-state index in [4.69, 9.17) is 10.2 Å². The SMILES string of the molecule is CC(C)(CO)[C@@H]1C[C@H]1C(=O)O. The molecule has 1 rings (SSSR count). The Kier molecular flexibility index (Phi) is 1.92. The molecule has 0 spiro atoms. The quantitative estimate of drug-likeness (QED) is 0.636. The van der Waals surface area contributed by atoms with Gasteiger partial charge in [-0.1, -0.05) is 13.8 Å². The highest BCUT2D eigenvalue weighted by atomic mass is 16.4. The first-order valence-corrected chi connectivity index (χ1v) is 3.82. The molecule has 0 amide bonds. The molecule has 0 bridgehead atoms. The molecule has 2 atom stereocenters. The van der Waals surface area contributed by atoms with E-state index in [0.29, 0.717) is 0 Å². The second kappa shape index (κ2) is 2.48. The van der Waals surface area contributed by atoms with E-state index in [1.807, 2.05) is 13.8 Å². The lowest BCUT2D eigenvalue weighted by Crippen LogP contribution is -2.21. The van der Waals surface area contributed by atoms with Gasteiger partial charge in [-0.2, -0.15) is 0 Å². The molecule has 0 radical (unpaired) electrons. The number of carbonyl (C=O) groups is 1. The maximum Gasteiger partial charge on any atom is 0.306 e. The molecule has 0 unspecified atom stereocenters. The summed E-state index contributed by atoms with van der Waals surface area (Å²) in [7, 11) is 0. The van der Waals surface area contributed by atoms with E-state index in [0.717, 1.165) is 6.42 Å². The summed E-state index contributed by atoms with van der Waals surface area (Å²) in [6.45, 7) is 3.88. The van der Waals surface area contributed by atoms with Gasteiger partial charge < -0.3 is 10.2 Å². The molecule has 1 aliphatic rings. The Bertz CT molecular complexity index is 174. The molecule has 2 N–H and O–H groups in total. The van der Waals surface area contributed by atoms with Crippen LogP contribution in [-0.2, 0) is 4.79 Å². The van der Waals surface area contributed by atoms with Gasteiger partial charge in [0, 0.05) is 6.61 Å². The first-order valence-electron chi connectivity index (χ1n) is 3.82. The second-order valence-corrected chi connectivity index (χ2v) is 3.93. The van der Waals surface area contributed by atoms with Crippen molar-refractivity contribution in [2.45, 2.75) is 20.3 Å². The fraction of sp³-hybridized carbons (Fsp3) is 0.875. The first kappa shape index (κ1) is 8.53. The van der Waals surface area contributed by atoms with E-state index < -0.39 is 5.97 Å². The minimum atomic E-state index is -0.725. The van der Waals surface area contributed by atoms with Crippen LogP contribution in [-0.4, -0.2) is 22.8 Å². The van der Waals surface area contributed by atoms with Crippen LogP contribution in [0.3, 0.4) is 0 Å². The summed E-state index contributed by atoms with van der Waals surface area (Å²) >= 11 is 0. The topological polar surface area (TPSA) is 57.5 Å². The highest BCUT2D eigenvalue weighted by Gasteiger charge is 2.51. The number of hydrogen-bond acceptors (Lipinski definition) is 2. The van der Waals surface area contributed by atoms with E-state index in [-0.39, 0.29) is 23.9 Å². The predicted molar refractivity (Wildman–Crippen MR) is 40.1 cm³/mol. The number of aliphatic hydroxyl groups is 1. The highest BCUT2D eigenvalue weighted by molar-refractivity contribution is 5.73. The van der Waals surface area contributed by atoms with Crippen molar-refractivity contribution in [1.82, 2.24) is 0 Å². The molecule has 11 heavy (non-hydrogen) atoms. The molecule has 0 heterocycles. The molecule has 1 saturated carbocycles. The van der Waals surface area contributed by atoms with Gasteiger partial charge in [0.05, 0.1) is 5.92 Å². The summed E-state index contributed by atoms with van der Waals surface area (Å²) in [6.07, 6.45) is 0.725. The van der Waals surface area contributed by atoms with Crippen molar-refractivity contribution in [2.75, 3.05) is 6.61 Å². The molecule has 1 aliphatic carbocycles. The van der Waals surface area contributed by atoms with Gasteiger partial charge in [-0.3, -0.25) is 4.79 Å². The minimum Gasteiger partial charge on any atom is -0.481 e. The lowest BCUT2D eigenvalue weighted by molar-refractivity contribution is -0.139. The van der Waals surface area contributed by atoms with Crippen LogP contribution >= 0.6 is 0 Å². The maximum atomic E-state index is 10.5. The Labute approximate surface area is 66.0 Å². The molecule has 1 fully saturated rings. The minimum absolute atomic E-state index is 0.0709. The standard InChI is InChI=1S/C8H14O3/c1-8(2,4-9)6-3-5(6)7(10)11/h5-6,9H,3-4H2,1-2H3,(H,10,11)/t5-,6-/m1/s1. The average Bonchev–Trinajstić information content (AvgIpc) is 2.65. The summed E-state index contributed by atoms with van der Waals surface area (Å²) in [5.74, 6) is -0.765. The largest absolute Gasteiger partial charge is 0.481 e. The smallest absolute Gasteiger partial charge is 0.306 e. The maximum absolute atomic E-state index is 10.5. The van der Waals surface area contributed by atoms with Crippen LogP contribution in [0.1, 0.15) is 20.3 Å². The van der Waals surface area contributed by atoms with Gasteiger partial charge in [0.1, 0.15) is 0 Å². The summed E-state index contributed by atoms with van der Waals surface area (Å²) in [4.78, 5) is 10.5. The summed E-state index contributed by atoms with van der Waals surface area (Å²) < 4.78 is 0. The van der Waals surface area contributed by atoms with Gasteiger partial charge in [-0.25, -0.2) is 0 Å². The van der Waals surface area contributed by atoms with Crippen molar-refractivity contribution >= 4 is 5.97 Å². The Morgan fingerprint density at radius 3 is 2.45 bits per heavy atom. The third kappa shape index (κ3) is 1.53. The number of rotatable bonds is 3. The Balaban J connectivity index is 2.49. The van der Waals surface area contributed by atoms with Gasteiger partial charge >= 0.3 is 5.97 Å². The van der Waals surface area contributed by atoms with Crippen LogP contribution in [0, 0.1) is 17.3 Å². The number of carboxylic acids is 1. The summed E-state index contributed by atoms with van der Waals surface area (Å²) in [5.41, 5.74) is -0.219. The third-order valence-electron chi connectivity index (χ3n) is 2.52. The van der Waals surface area contributed by atoms with Gasteiger partial charge in [0.15, 0.2) is 0 Å². The Morgan fingerprint density at radius 2 is 2.18 bits per heavy atom. The Morgan fingerprint density at radius 1 is 1.64 bits per heavy atom. The van der Waals surface area contributed by atoms with Crippen LogP contribution in [0.2, 0.25) is 0 Å². The summed E-state index contributed by atoms with van der Waals surface area (Å²) in [5, 5.41) is 17.5. The van der Waals surface area contributed by atoms with Crippen LogP contribution in [0.25, 0.3) is 0 Å². The molecule has 64 valence electrons. The van der Waals surface area contributed by atoms with Gasteiger partial charge in [-0.15, -0.1) is 0 Å². The Hall–Kier alpha value is -0.570. The zero-order valence-electron chi connectivity index (χ0n) is 6.87. The number of carboxylic acid groups (broad SMARTS) is 1. The molecular formula is C8H14O3. The number of aliphatic hydroxyl groups excluding tert-OH is 1. The van der Waals surface area contributed by atoms with E-state index in [9.17, 15) is 4.79 Å². The van der Waals surface area contributed by atoms with Gasteiger partial charge in [0.2, 0.25) is 0 Å². The van der Waals surface area contributed by atoms with Crippen molar-refractivity contribution in [3.05, 3.63) is 0 Å². The fourth-order valence-corrected chi connectivity index (χ4v) is 1.45. The second-order valence-electron chi connectivity index (χ2n) is 3.93. The van der Waals surface area contributed by atoms with Gasteiger partial charge in [-0.05, 0) is 17.8 Å². The molecule has 3 heteroatoms. The van der Waals surface area contributed by atoms with Crippen molar-refractivity contribution in [3.8, 4) is 0 Å².